The minimum Gasteiger partial charge on any atom is -0.394 e. The molecular weight excluding hydrogens is 394 g/mol. The zero-order valence-corrected chi connectivity index (χ0v) is 17.8. The first kappa shape index (κ1) is 22.1. The van der Waals surface area contributed by atoms with Crippen LogP contribution in [0.5, 0.6) is 0 Å². The van der Waals surface area contributed by atoms with Gasteiger partial charge in [-0.1, -0.05) is 19.1 Å². The van der Waals surface area contributed by atoms with Crippen LogP contribution in [0.2, 0.25) is 0 Å². The molecule has 0 aromatic heterocycles. The maximum atomic E-state index is 13.0. The Bertz CT molecular complexity index is 682. The summed E-state index contributed by atoms with van der Waals surface area (Å²) in [6.45, 7) is 7.82. The Labute approximate surface area is 176 Å². The second-order valence-electron chi connectivity index (χ2n) is 9.12. The Balaban J connectivity index is 1.45. The van der Waals surface area contributed by atoms with Crippen LogP contribution >= 0.6 is 0 Å². The highest BCUT2D eigenvalue weighted by Crippen LogP contribution is 2.57. The number of aliphatic hydroxyl groups is 2. The Kier molecular flexibility index (Phi) is 6.00. The van der Waals surface area contributed by atoms with Crippen LogP contribution in [0, 0.1) is 11.3 Å². The molecule has 170 valence electrons. The van der Waals surface area contributed by atoms with Crippen molar-refractivity contribution in [1.29, 1.82) is 0 Å². The van der Waals surface area contributed by atoms with Crippen molar-refractivity contribution in [2.45, 2.75) is 82.1 Å². The molecule has 0 aromatic carbocycles. The van der Waals surface area contributed by atoms with Gasteiger partial charge in [-0.15, -0.1) is 0 Å². The SMILES string of the molecule is C=C1C[C@](OC)(C(O)C(=O)NC2OCO[C@@H]3CC4(CC4)C(CO)O[C@H]23)OC(C)C1C. The second-order valence-corrected chi connectivity index (χ2v) is 9.12. The average molecular weight is 427 g/mol. The van der Waals surface area contributed by atoms with Gasteiger partial charge in [-0.2, -0.15) is 0 Å². The van der Waals surface area contributed by atoms with Crippen LogP contribution in [0.15, 0.2) is 12.2 Å². The van der Waals surface area contributed by atoms with Gasteiger partial charge in [-0.3, -0.25) is 4.79 Å². The first-order valence-corrected chi connectivity index (χ1v) is 10.6. The second kappa shape index (κ2) is 8.12. The fourth-order valence-electron chi connectivity index (χ4n) is 4.91. The molecule has 0 aromatic rings. The number of nitrogens with one attached hydrogen (secondary N) is 1. The summed E-state index contributed by atoms with van der Waals surface area (Å²) in [6, 6.07) is 0. The summed E-state index contributed by atoms with van der Waals surface area (Å²) in [5.41, 5.74) is 0.811. The molecular formula is C21H33NO8. The lowest BCUT2D eigenvalue weighted by molar-refractivity contribution is -0.303. The van der Waals surface area contributed by atoms with Crippen LogP contribution in [-0.4, -0.2) is 79.2 Å². The summed E-state index contributed by atoms with van der Waals surface area (Å²) in [4.78, 5) is 13.0. The predicted molar refractivity (Wildman–Crippen MR) is 104 cm³/mol. The Morgan fingerprint density at radius 2 is 2.10 bits per heavy atom. The first-order chi connectivity index (χ1) is 14.2. The normalized spacial score (nSPS) is 43.7. The molecule has 9 heteroatoms. The number of amides is 1. The number of carbonyl (C=O) groups excluding carboxylic acids is 1. The van der Waals surface area contributed by atoms with Crippen molar-refractivity contribution in [3.05, 3.63) is 12.2 Å². The van der Waals surface area contributed by atoms with Gasteiger partial charge in [0.25, 0.3) is 5.91 Å². The molecule has 0 bridgehead atoms. The molecule has 30 heavy (non-hydrogen) atoms. The van der Waals surface area contributed by atoms with E-state index in [9.17, 15) is 15.0 Å². The fourth-order valence-corrected chi connectivity index (χ4v) is 4.91. The van der Waals surface area contributed by atoms with E-state index in [1.165, 1.54) is 7.11 Å². The average Bonchev–Trinajstić information content (AvgIpc) is 3.50. The van der Waals surface area contributed by atoms with Crippen LogP contribution < -0.4 is 5.32 Å². The van der Waals surface area contributed by atoms with Gasteiger partial charge in [0.2, 0.25) is 5.79 Å². The standard InChI is InChI=1S/C21H33NO8/c1-11-7-21(26-4,30-13(3)12(11)2)17(24)18(25)22-19-16-14(27-10-28-19)8-20(5-6-20)15(9-23)29-16/h12-17,19,23-24H,1,5-10H2,2-4H3,(H,22,25)/t12?,13?,14-,15?,16+,17?,19?,21-/m1/s1. The minimum atomic E-state index is -1.59. The fraction of sp³-hybridized carbons (Fsp3) is 0.857. The number of carbonyl (C=O) groups is 1. The van der Waals surface area contributed by atoms with Crippen molar-refractivity contribution in [1.82, 2.24) is 5.32 Å². The number of fused-ring (bicyclic) bond motifs is 1. The lowest BCUT2D eigenvalue weighted by Gasteiger charge is -2.47. The number of rotatable bonds is 5. The van der Waals surface area contributed by atoms with Crippen LogP contribution in [-0.2, 0) is 28.5 Å². The zero-order chi connectivity index (χ0) is 21.7. The van der Waals surface area contributed by atoms with Crippen LogP contribution in [0.4, 0.5) is 0 Å². The van der Waals surface area contributed by atoms with Crippen LogP contribution in [0.25, 0.3) is 0 Å². The summed E-state index contributed by atoms with van der Waals surface area (Å²) < 4.78 is 28.8. The van der Waals surface area contributed by atoms with Gasteiger partial charge < -0.3 is 39.2 Å². The topological polar surface area (TPSA) is 116 Å². The molecule has 1 spiro atoms. The molecule has 1 amide bonds. The largest absolute Gasteiger partial charge is 0.394 e. The Morgan fingerprint density at radius 1 is 1.37 bits per heavy atom. The van der Waals surface area contributed by atoms with Gasteiger partial charge in [0.05, 0.1) is 24.9 Å². The third-order valence-electron chi connectivity index (χ3n) is 7.37. The molecule has 8 atom stereocenters. The molecule has 1 aliphatic carbocycles. The molecule has 3 aliphatic heterocycles. The van der Waals surface area contributed by atoms with Crippen molar-refractivity contribution < 1.29 is 38.7 Å². The molecule has 4 fully saturated rings. The molecule has 5 unspecified atom stereocenters. The molecule has 3 saturated heterocycles. The summed E-state index contributed by atoms with van der Waals surface area (Å²) >= 11 is 0. The van der Waals surface area contributed by atoms with Gasteiger partial charge in [0.1, 0.15) is 12.9 Å². The van der Waals surface area contributed by atoms with Crippen molar-refractivity contribution in [2.75, 3.05) is 20.5 Å². The van der Waals surface area contributed by atoms with E-state index in [0.717, 1.165) is 24.8 Å². The lowest BCUT2D eigenvalue weighted by atomic mass is 9.85. The van der Waals surface area contributed by atoms with E-state index >= 15 is 0 Å². The maximum Gasteiger partial charge on any atom is 0.256 e. The van der Waals surface area contributed by atoms with Crippen molar-refractivity contribution in [3.8, 4) is 0 Å². The van der Waals surface area contributed by atoms with Gasteiger partial charge in [-0.25, -0.2) is 0 Å². The molecule has 0 radical (unpaired) electrons. The maximum absolute atomic E-state index is 13.0. The van der Waals surface area contributed by atoms with E-state index in [0.29, 0.717) is 0 Å². The number of ether oxygens (including phenoxy) is 5. The van der Waals surface area contributed by atoms with E-state index < -0.39 is 30.1 Å². The number of aliphatic hydroxyl groups excluding tert-OH is 2. The Hall–Kier alpha value is -1.07. The number of hydrogen-bond donors (Lipinski definition) is 3. The summed E-state index contributed by atoms with van der Waals surface area (Å²) in [6.07, 6.45) is -0.848. The highest BCUT2D eigenvalue weighted by atomic mass is 16.7. The minimum absolute atomic E-state index is 0.0166. The van der Waals surface area contributed by atoms with E-state index in [-0.39, 0.29) is 49.5 Å². The van der Waals surface area contributed by atoms with Crippen molar-refractivity contribution >= 4 is 5.91 Å². The number of methoxy groups -OCH3 is 1. The molecule has 4 rings (SSSR count). The molecule has 3 heterocycles. The third-order valence-corrected chi connectivity index (χ3v) is 7.37. The molecule has 9 nitrogen and oxygen atoms in total. The van der Waals surface area contributed by atoms with Crippen molar-refractivity contribution in [3.63, 3.8) is 0 Å². The van der Waals surface area contributed by atoms with Crippen LogP contribution in [0.3, 0.4) is 0 Å². The predicted octanol–water partition coefficient (Wildman–Crippen LogP) is 0.436. The molecule has 4 aliphatic rings. The lowest BCUT2D eigenvalue weighted by Crippen LogP contribution is -2.64. The van der Waals surface area contributed by atoms with E-state index in [4.69, 9.17) is 23.7 Å². The van der Waals surface area contributed by atoms with Gasteiger partial charge in [-0.05, 0) is 26.2 Å². The van der Waals surface area contributed by atoms with Crippen molar-refractivity contribution in [2.24, 2.45) is 11.3 Å². The summed E-state index contributed by atoms with van der Waals surface area (Å²) in [5, 5.41) is 23.3. The Morgan fingerprint density at radius 3 is 2.70 bits per heavy atom. The number of hydrogen-bond acceptors (Lipinski definition) is 8. The van der Waals surface area contributed by atoms with E-state index in [1.807, 2.05) is 13.8 Å². The molecule has 3 N–H and O–H groups in total. The molecule has 1 saturated carbocycles. The smallest absolute Gasteiger partial charge is 0.256 e. The third kappa shape index (κ3) is 3.70. The van der Waals surface area contributed by atoms with Gasteiger partial charge in [0.15, 0.2) is 12.3 Å². The van der Waals surface area contributed by atoms with E-state index in [1.54, 1.807) is 0 Å². The van der Waals surface area contributed by atoms with E-state index in [2.05, 4.69) is 11.9 Å². The first-order valence-electron chi connectivity index (χ1n) is 10.6. The van der Waals surface area contributed by atoms with Crippen LogP contribution in [0.1, 0.15) is 39.5 Å². The van der Waals surface area contributed by atoms with Gasteiger partial charge in [0, 0.05) is 24.9 Å². The summed E-state index contributed by atoms with van der Waals surface area (Å²) in [7, 11) is 1.40. The quantitative estimate of drug-likeness (QED) is 0.541. The van der Waals surface area contributed by atoms with Gasteiger partial charge >= 0.3 is 0 Å². The summed E-state index contributed by atoms with van der Waals surface area (Å²) in [5.74, 6) is -2.12. The highest BCUT2D eigenvalue weighted by Gasteiger charge is 2.59. The monoisotopic (exact) mass is 427 g/mol. The highest BCUT2D eigenvalue weighted by molar-refractivity contribution is 5.82. The zero-order valence-electron chi connectivity index (χ0n) is 17.8.